The van der Waals surface area contributed by atoms with Crippen molar-refractivity contribution in [2.75, 3.05) is 29.6 Å². The molecule has 0 saturated carbocycles. The van der Waals surface area contributed by atoms with E-state index in [-0.39, 0.29) is 18.9 Å². The lowest BCUT2D eigenvalue weighted by molar-refractivity contribution is -0.118. The Labute approximate surface area is 124 Å². The maximum absolute atomic E-state index is 10.7. The van der Waals surface area contributed by atoms with Crippen LogP contribution in [-0.4, -0.2) is 37.0 Å². The lowest BCUT2D eigenvalue weighted by Crippen LogP contribution is -2.34. The largest absolute Gasteiger partial charge is 0.371 e. The number of anilines is 2. The third kappa shape index (κ3) is 4.19. The highest BCUT2D eigenvalue weighted by atomic mass is 16.5. The Balaban J connectivity index is 1.92. The predicted octanol–water partition coefficient (Wildman–Crippen LogP) is 1.17. The minimum absolute atomic E-state index is 0.109. The van der Waals surface area contributed by atoms with Gasteiger partial charge in [0.05, 0.1) is 12.2 Å². The van der Waals surface area contributed by atoms with E-state index in [4.69, 9.17) is 5.73 Å². The van der Waals surface area contributed by atoms with E-state index in [1.807, 2.05) is 24.3 Å². The number of carbonyl (C=O) groups is 2. The Kier molecular flexibility index (Phi) is 5.16. The van der Waals surface area contributed by atoms with Crippen LogP contribution in [0, 0.1) is 5.92 Å². The van der Waals surface area contributed by atoms with Crippen LogP contribution in [0.25, 0.3) is 0 Å². The summed E-state index contributed by atoms with van der Waals surface area (Å²) in [6, 6.07) is 7.48. The molecule has 0 spiro atoms. The second kappa shape index (κ2) is 7.08. The van der Waals surface area contributed by atoms with Crippen molar-refractivity contribution in [1.82, 2.24) is 0 Å². The lowest BCUT2D eigenvalue weighted by Gasteiger charge is -2.31. The van der Waals surface area contributed by atoms with Crippen molar-refractivity contribution < 1.29 is 14.8 Å². The van der Waals surface area contributed by atoms with Crippen molar-refractivity contribution in [3.05, 3.63) is 24.3 Å². The highest BCUT2D eigenvalue weighted by Crippen LogP contribution is 2.24. The summed E-state index contributed by atoms with van der Waals surface area (Å²) in [5.41, 5.74) is 6.76. The fraction of sp³-hybridized carbons (Fsp3) is 0.467. The van der Waals surface area contributed by atoms with Crippen molar-refractivity contribution in [3.63, 3.8) is 0 Å². The van der Waals surface area contributed by atoms with E-state index in [9.17, 15) is 14.8 Å². The Morgan fingerprint density at radius 2 is 1.95 bits per heavy atom. The molecule has 0 aliphatic carbocycles. The second-order valence-corrected chi connectivity index (χ2v) is 5.32. The van der Waals surface area contributed by atoms with Gasteiger partial charge in [-0.2, -0.15) is 0 Å². The van der Waals surface area contributed by atoms with Gasteiger partial charge >= 0.3 is 0 Å². The van der Waals surface area contributed by atoms with E-state index >= 15 is 0 Å². The molecule has 3 N–H and O–H groups in total. The van der Waals surface area contributed by atoms with Crippen LogP contribution in [0.5, 0.6) is 0 Å². The first-order valence-corrected chi connectivity index (χ1v) is 7.15. The maximum atomic E-state index is 10.7. The van der Waals surface area contributed by atoms with Gasteiger partial charge in [-0.15, -0.1) is 0 Å². The Morgan fingerprint density at radius 3 is 2.48 bits per heavy atom. The van der Waals surface area contributed by atoms with Crippen molar-refractivity contribution in [2.45, 2.75) is 19.3 Å². The third-order valence-corrected chi connectivity index (χ3v) is 3.81. The summed E-state index contributed by atoms with van der Waals surface area (Å²) in [7, 11) is 0. The molecule has 6 heteroatoms. The molecule has 1 aliphatic heterocycles. The first-order valence-electron chi connectivity index (χ1n) is 7.15. The fourth-order valence-corrected chi connectivity index (χ4v) is 2.47. The molecule has 0 atom stereocenters. The number of hydrogen-bond acceptors (Lipinski definition) is 5. The molecule has 1 aromatic rings. The summed E-state index contributed by atoms with van der Waals surface area (Å²) < 4.78 is 0. The predicted molar refractivity (Wildman–Crippen MR) is 80.4 cm³/mol. The molecule has 21 heavy (non-hydrogen) atoms. The minimum Gasteiger partial charge on any atom is -0.371 e. The molecule has 2 rings (SSSR count). The average molecular weight is 291 g/mol. The highest BCUT2D eigenvalue weighted by molar-refractivity contribution is 5.74. The number of hydroxylamine groups is 1. The smallest absolute Gasteiger partial charge is 0.219 e. The van der Waals surface area contributed by atoms with Gasteiger partial charge in [0.2, 0.25) is 5.91 Å². The minimum atomic E-state index is -0.441. The van der Waals surface area contributed by atoms with Gasteiger partial charge in [0.15, 0.2) is 0 Å². The summed E-state index contributed by atoms with van der Waals surface area (Å²) in [5, 5.41) is 10.8. The number of rotatable bonds is 6. The van der Waals surface area contributed by atoms with Gasteiger partial charge in [-0.05, 0) is 37.1 Å². The normalized spacial score (nSPS) is 15.8. The molecule has 1 fully saturated rings. The summed E-state index contributed by atoms with van der Waals surface area (Å²) in [6.07, 6.45) is 2.92. The first-order chi connectivity index (χ1) is 10.1. The van der Waals surface area contributed by atoms with Crippen LogP contribution in [0.4, 0.5) is 11.4 Å². The number of primary amides is 1. The highest BCUT2D eigenvalue weighted by Gasteiger charge is 2.18. The van der Waals surface area contributed by atoms with Crippen LogP contribution in [0.1, 0.15) is 19.3 Å². The lowest BCUT2D eigenvalue weighted by atomic mass is 9.98. The summed E-state index contributed by atoms with van der Waals surface area (Å²) in [6.45, 7) is 1.92. The standard InChI is InChI=1S/C15H21N3O3/c16-15(20)7-10-18(21)14-3-1-13(2-4-14)17-8-5-12(11-19)6-9-17/h1-4,11-12,21H,5-10H2,(H2,16,20). The van der Waals surface area contributed by atoms with Crippen molar-refractivity contribution in [2.24, 2.45) is 11.7 Å². The Hall–Kier alpha value is -2.08. The molecule has 1 saturated heterocycles. The molecular formula is C15H21N3O3. The quantitative estimate of drug-likeness (QED) is 0.607. The van der Waals surface area contributed by atoms with Crippen LogP contribution in [0.15, 0.2) is 24.3 Å². The molecule has 0 aromatic heterocycles. The number of carbonyl (C=O) groups excluding carboxylic acids is 2. The van der Waals surface area contributed by atoms with E-state index in [1.54, 1.807) is 0 Å². The number of nitrogens with zero attached hydrogens (tertiary/aromatic N) is 2. The molecule has 0 unspecified atom stereocenters. The van der Waals surface area contributed by atoms with E-state index in [2.05, 4.69) is 4.90 Å². The van der Waals surface area contributed by atoms with Gasteiger partial charge in [0, 0.05) is 31.1 Å². The van der Waals surface area contributed by atoms with Crippen LogP contribution < -0.4 is 15.7 Å². The number of amides is 1. The van der Waals surface area contributed by atoms with Gasteiger partial charge < -0.3 is 15.4 Å². The third-order valence-electron chi connectivity index (χ3n) is 3.81. The molecular weight excluding hydrogens is 270 g/mol. The molecule has 1 aliphatic rings. The van der Waals surface area contributed by atoms with Crippen molar-refractivity contribution >= 4 is 23.6 Å². The number of hydrogen-bond donors (Lipinski definition) is 2. The summed E-state index contributed by atoms with van der Waals surface area (Å²) >= 11 is 0. The average Bonchev–Trinajstić information content (AvgIpc) is 2.53. The van der Waals surface area contributed by atoms with Gasteiger partial charge in [-0.3, -0.25) is 15.1 Å². The van der Waals surface area contributed by atoms with Crippen LogP contribution in [0.3, 0.4) is 0 Å². The zero-order chi connectivity index (χ0) is 15.2. The van der Waals surface area contributed by atoms with Crippen LogP contribution in [-0.2, 0) is 9.59 Å². The maximum Gasteiger partial charge on any atom is 0.219 e. The van der Waals surface area contributed by atoms with Gasteiger partial charge in [0.1, 0.15) is 6.29 Å². The Morgan fingerprint density at radius 1 is 1.33 bits per heavy atom. The summed E-state index contributed by atoms with van der Waals surface area (Å²) in [4.78, 5) is 23.7. The van der Waals surface area contributed by atoms with E-state index in [1.165, 1.54) is 0 Å². The molecule has 6 nitrogen and oxygen atoms in total. The SMILES string of the molecule is NC(=O)CCN(O)c1ccc(N2CCC(C=O)CC2)cc1. The molecule has 1 amide bonds. The van der Waals surface area contributed by atoms with Gasteiger partial charge in [-0.25, -0.2) is 0 Å². The van der Waals surface area contributed by atoms with Gasteiger partial charge in [0.25, 0.3) is 0 Å². The number of nitrogens with two attached hydrogens (primary N) is 1. The molecule has 0 bridgehead atoms. The fourth-order valence-electron chi connectivity index (χ4n) is 2.47. The molecule has 0 radical (unpaired) electrons. The van der Waals surface area contributed by atoms with E-state index in [0.717, 1.165) is 43.0 Å². The molecule has 114 valence electrons. The zero-order valence-electron chi connectivity index (χ0n) is 11.9. The molecule has 1 aromatic carbocycles. The first kappa shape index (κ1) is 15.3. The van der Waals surface area contributed by atoms with E-state index in [0.29, 0.717) is 5.69 Å². The topological polar surface area (TPSA) is 86.9 Å². The number of piperidine rings is 1. The zero-order valence-corrected chi connectivity index (χ0v) is 11.9. The monoisotopic (exact) mass is 291 g/mol. The van der Waals surface area contributed by atoms with Crippen molar-refractivity contribution in [3.8, 4) is 0 Å². The Bertz CT molecular complexity index is 481. The number of benzene rings is 1. The van der Waals surface area contributed by atoms with Crippen molar-refractivity contribution in [1.29, 1.82) is 0 Å². The molecule has 1 heterocycles. The summed E-state index contributed by atoms with van der Waals surface area (Å²) in [5.74, 6) is -0.258. The van der Waals surface area contributed by atoms with Crippen LogP contribution >= 0.6 is 0 Å². The number of aldehydes is 1. The van der Waals surface area contributed by atoms with Gasteiger partial charge in [-0.1, -0.05) is 0 Å². The second-order valence-electron chi connectivity index (χ2n) is 5.32. The van der Waals surface area contributed by atoms with Crippen LogP contribution in [0.2, 0.25) is 0 Å². The van der Waals surface area contributed by atoms with E-state index < -0.39 is 5.91 Å².